The highest BCUT2D eigenvalue weighted by Gasteiger charge is 2.35. The normalized spacial score (nSPS) is 27.1. The number of allylic oxidation sites excluding steroid dienone is 2. The minimum atomic E-state index is -0.212. The lowest BCUT2D eigenvalue weighted by Gasteiger charge is -2.31. The maximum absolute atomic E-state index is 9.73. The van der Waals surface area contributed by atoms with Crippen molar-refractivity contribution in [1.82, 2.24) is 0 Å². The van der Waals surface area contributed by atoms with Crippen molar-refractivity contribution in [3.05, 3.63) is 24.3 Å². The van der Waals surface area contributed by atoms with E-state index in [-0.39, 0.29) is 11.5 Å². The average molecular weight is 194 g/mol. The molecule has 0 amide bonds. The Morgan fingerprint density at radius 1 is 1.71 bits per heavy atom. The third-order valence-corrected chi connectivity index (χ3v) is 3.74. The van der Waals surface area contributed by atoms with Crippen LogP contribution in [-0.2, 0) is 0 Å². The lowest BCUT2D eigenvalue weighted by atomic mass is 9.75. The van der Waals surface area contributed by atoms with E-state index in [1.807, 2.05) is 0 Å². The highest BCUT2D eigenvalue weighted by Crippen LogP contribution is 2.45. The van der Waals surface area contributed by atoms with E-state index in [4.69, 9.17) is 0 Å². The third kappa shape index (κ3) is 2.27. The summed E-state index contributed by atoms with van der Waals surface area (Å²) in [5.74, 6) is 0.595. The predicted octanol–water partition coefficient (Wildman–Crippen LogP) is 3.31. The van der Waals surface area contributed by atoms with Crippen LogP contribution in [0.1, 0.15) is 40.0 Å². The standard InChI is InChI=1S/C13H22O/c1-5-6-12(14)9-11-8-7-10(2)13(11,3)4/h5,7,11-12,14H,1,6,8-9H2,2-4H3/t11-,12?/m1/s1. The molecule has 14 heavy (non-hydrogen) atoms. The second kappa shape index (κ2) is 4.31. The Morgan fingerprint density at radius 2 is 2.36 bits per heavy atom. The van der Waals surface area contributed by atoms with Crippen LogP contribution in [0, 0.1) is 11.3 Å². The Morgan fingerprint density at radius 3 is 2.79 bits per heavy atom. The molecule has 0 aromatic rings. The fourth-order valence-electron chi connectivity index (χ4n) is 2.21. The molecule has 1 aliphatic carbocycles. The Kier molecular flexibility index (Phi) is 3.54. The molecule has 1 heteroatoms. The zero-order valence-electron chi connectivity index (χ0n) is 9.59. The van der Waals surface area contributed by atoms with E-state index >= 15 is 0 Å². The van der Waals surface area contributed by atoms with Crippen LogP contribution in [0.4, 0.5) is 0 Å². The summed E-state index contributed by atoms with van der Waals surface area (Å²) < 4.78 is 0. The summed E-state index contributed by atoms with van der Waals surface area (Å²) in [6, 6.07) is 0. The zero-order valence-corrected chi connectivity index (χ0v) is 9.59. The van der Waals surface area contributed by atoms with Crippen LogP contribution in [-0.4, -0.2) is 11.2 Å². The molecule has 1 rings (SSSR count). The molecule has 0 heterocycles. The van der Waals surface area contributed by atoms with Crippen molar-refractivity contribution in [2.75, 3.05) is 0 Å². The van der Waals surface area contributed by atoms with Crippen molar-refractivity contribution in [1.29, 1.82) is 0 Å². The van der Waals surface area contributed by atoms with E-state index in [1.54, 1.807) is 6.08 Å². The molecule has 0 spiro atoms. The van der Waals surface area contributed by atoms with Crippen LogP contribution in [0.25, 0.3) is 0 Å². The van der Waals surface area contributed by atoms with Crippen molar-refractivity contribution < 1.29 is 5.11 Å². The van der Waals surface area contributed by atoms with E-state index < -0.39 is 0 Å². The zero-order chi connectivity index (χ0) is 10.8. The van der Waals surface area contributed by atoms with Crippen LogP contribution < -0.4 is 0 Å². The largest absolute Gasteiger partial charge is 0.393 e. The molecule has 1 aliphatic rings. The van der Waals surface area contributed by atoms with Crippen LogP contribution in [0.2, 0.25) is 0 Å². The van der Waals surface area contributed by atoms with E-state index in [9.17, 15) is 5.11 Å². The molecule has 0 aromatic carbocycles. The van der Waals surface area contributed by atoms with Crippen molar-refractivity contribution in [3.63, 3.8) is 0 Å². The molecule has 80 valence electrons. The molecule has 0 radical (unpaired) electrons. The number of hydrogen-bond donors (Lipinski definition) is 1. The quantitative estimate of drug-likeness (QED) is 0.681. The smallest absolute Gasteiger partial charge is 0.0577 e. The van der Waals surface area contributed by atoms with Gasteiger partial charge in [-0.3, -0.25) is 0 Å². The van der Waals surface area contributed by atoms with Crippen LogP contribution >= 0.6 is 0 Å². The first-order valence-electron chi connectivity index (χ1n) is 5.44. The van der Waals surface area contributed by atoms with Crippen molar-refractivity contribution >= 4 is 0 Å². The van der Waals surface area contributed by atoms with E-state index in [0.717, 1.165) is 12.8 Å². The van der Waals surface area contributed by atoms with Gasteiger partial charge in [0.1, 0.15) is 0 Å². The first kappa shape index (κ1) is 11.5. The Labute approximate surface area is 87.5 Å². The fraction of sp³-hybridized carbons (Fsp3) is 0.692. The van der Waals surface area contributed by atoms with Gasteiger partial charge >= 0.3 is 0 Å². The summed E-state index contributed by atoms with van der Waals surface area (Å²) in [4.78, 5) is 0. The topological polar surface area (TPSA) is 20.2 Å². The molecule has 0 aliphatic heterocycles. The van der Waals surface area contributed by atoms with Gasteiger partial charge in [-0.1, -0.05) is 31.6 Å². The predicted molar refractivity (Wildman–Crippen MR) is 61.1 cm³/mol. The van der Waals surface area contributed by atoms with Gasteiger partial charge in [0.15, 0.2) is 0 Å². The van der Waals surface area contributed by atoms with Gasteiger partial charge in [-0.05, 0) is 37.5 Å². The highest BCUT2D eigenvalue weighted by molar-refractivity contribution is 5.18. The summed E-state index contributed by atoms with van der Waals surface area (Å²) in [7, 11) is 0. The summed E-state index contributed by atoms with van der Waals surface area (Å²) in [5, 5.41) is 9.73. The Bertz CT molecular complexity index is 238. The molecular weight excluding hydrogens is 172 g/mol. The Hall–Kier alpha value is -0.560. The molecule has 0 fully saturated rings. The Balaban J connectivity index is 2.52. The van der Waals surface area contributed by atoms with Gasteiger partial charge in [-0.15, -0.1) is 6.58 Å². The second-order valence-electron chi connectivity index (χ2n) is 4.96. The number of hydrogen-bond acceptors (Lipinski definition) is 1. The second-order valence-corrected chi connectivity index (χ2v) is 4.96. The average Bonchev–Trinajstić information content (AvgIpc) is 2.32. The number of aliphatic hydroxyl groups excluding tert-OH is 1. The van der Waals surface area contributed by atoms with Gasteiger partial charge in [0.25, 0.3) is 0 Å². The van der Waals surface area contributed by atoms with Crippen molar-refractivity contribution in [2.24, 2.45) is 11.3 Å². The van der Waals surface area contributed by atoms with E-state index in [2.05, 4.69) is 33.4 Å². The molecule has 2 atom stereocenters. The lowest BCUT2D eigenvalue weighted by molar-refractivity contribution is 0.118. The molecule has 1 N–H and O–H groups in total. The summed E-state index contributed by atoms with van der Waals surface area (Å²) >= 11 is 0. The van der Waals surface area contributed by atoms with Gasteiger partial charge in [0, 0.05) is 0 Å². The molecule has 0 aromatic heterocycles. The van der Waals surface area contributed by atoms with Crippen molar-refractivity contribution in [2.45, 2.75) is 46.1 Å². The molecule has 0 saturated heterocycles. The van der Waals surface area contributed by atoms with Gasteiger partial charge in [-0.2, -0.15) is 0 Å². The first-order chi connectivity index (χ1) is 6.48. The number of aliphatic hydroxyl groups is 1. The van der Waals surface area contributed by atoms with Crippen LogP contribution in [0.3, 0.4) is 0 Å². The molecule has 1 nitrogen and oxygen atoms in total. The molecular formula is C13H22O. The molecule has 0 bridgehead atoms. The van der Waals surface area contributed by atoms with E-state index in [0.29, 0.717) is 12.3 Å². The first-order valence-corrected chi connectivity index (χ1v) is 5.44. The summed E-state index contributed by atoms with van der Waals surface area (Å²) in [6.07, 6.45) is 6.63. The van der Waals surface area contributed by atoms with E-state index in [1.165, 1.54) is 5.57 Å². The molecule has 1 unspecified atom stereocenters. The third-order valence-electron chi connectivity index (χ3n) is 3.74. The minimum Gasteiger partial charge on any atom is -0.393 e. The minimum absolute atomic E-state index is 0.212. The SMILES string of the molecule is C=CCC(O)C[C@H]1CC=C(C)C1(C)C. The van der Waals surface area contributed by atoms with Crippen molar-refractivity contribution in [3.8, 4) is 0 Å². The van der Waals surface area contributed by atoms with Crippen LogP contribution in [0.15, 0.2) is 24.3 Å². The maximum Gasteiger partial charge on any atom is 0.0577 e. The lowest BCUT2D eigenvalue weighted by Crippen LogP contribution is -2.24. The number of rotatable bonds is 4. The van der Waals surface area contributed by atoms with Gasteiger partial charge < -0.3 is 5.11 Å². The van der Waals surface area contributed by atoms with Crippen LogP contribution in [0.5, 0.6) is 0 Å². The highest BCUT2D eigenvalue weighted by atomic mass is 16.3. The van der Waals surface area contributed by atoms with Gasteiger partial charge in [0.2, 0.25) is 0 Å². The maximum atomic E-state index is 9.73. The summed E-state index contributed by atoms with van der Waals surface area (Å²) in [6.45, 7) is 10.4. The summed E-state index contributed by atoms with van der Waals surface area (Å²) in [5.41, 5.74) is 1.73. The van der Waals surface area contributed by atoms with Gasteiger partial charge in [0.05, 0.1) is 6.10 Å². The monoisotopic (exact) mass is 194 g/mol. The molecule has 0 saturated carbocycles. The fourth-order valence-corrected chi connectivity index (χ4v) is 2.21. The van der Waals surface area contributed by atoms with Gasteiger partial charge in [-0.25, -0.2) is 0 Å².